The van der Waals surface area contributed by atoms with Crippen molar-refractivity contribution in [3.8, 4) is 0 Å². The lowest BCUT2D eigenvalue weighted by molar-refractivity contribution is -0.137. The molecule has 1 amide bonds. The summed E-state index contributed by atoms with van der Waals surface area (Å²) in [5.74, 6) is -0.463. The zero-order valence-corrected chi connectivity index (χ0v) is 11.8. The molecule has 1 aromatic carbocycles. The minimum Gasteiger partial charge on any atom is -0.352 e. The van der Waals surface area contributed by atoms with Crippen molar-refractivity contribution in [1.82, 2.24) is 10.6 Å². The lowest BCUT2D eigenvalue weighted by atomic mass is 9.98. The third kappa shape index (κ3) is 4.46. The van der Waals surface area contributed by atoms with E-state index in [1.54, 1.807) is 13.0 Å². The molecule has 0 aromatic heterocycles. The zero-order valence-electron chi connectivity index (χ0n) is 11.8. The first kappa shape index (κ1) is 15.8. The molecule has 2 rings (SSSR count). The van der Waals surface area contributed by atoms with Gasteiger partial charge in [-0.2, -0.15) is 13.2 Å². The molecule has 1 fully saturated rings. The Labute approximate surface area is 121 Å². The molecule has 1 saturated heterocycles. The van der Waals surface area contributed by atoms with Crippen LogP contribution in [0.25, 0.3) is 0 Å². The molecule has 6 heteroatoms. The molecule has 116 valence electrons. The Bertz CT molecular complexity index is 496. The van der Waals surface area contributed by atoms with E-state index in [4.69, 9.17) is 0 Å². The highest BCUT2D eigenvalue weighted by Crippen LogP contribution is 2.30. The Morgan fingerprint density at radius 1 is 1.48 bits per heavy atom. The van der Waals surface area contributed by atoms with Gasteiger partial charge in [-0.05, 0) is 31.0 Å². The second-order valence-corrected chi connectivity index (χ2v) is 5.50. The SMILES string of the molecule is CC(Cc1cccc(C(F)(F)F)c1)C(=O)NC1CCNC1. The lowest BCUT2D eigenvalue weighted by Gasteiger charge is -2.17. The highest BCUT2D eigenvalue weighted by atomic mass is 19.4. The van der Waals surface area contributed by atoms with Gasteiger partial charge in [-0.15, -0.1) is 0 Å². The summed E-state index contributed by atoms with van der Waals surface area (Å²) in [7, 11) is 0. The Morgan fingerprint density at radius 2 is 2.24 bits per heavy atom. The highest BCUT2D eigenvalue weighted by molar-refractivity contribution is 5.79. The van der Waals surface area contributed by atoms with E-state index < -0.39 is 11.7 Å². The fourth-order valence-electron chi connectivity index (χ4n) is 2.44. The fourth-order valence-corrected chi connectivity index (χ4v) is 2.44. The van der Waals surface area contributed by atoms with Crippen molar-refractivity contribution < 1.29 is 18.0 Å². The third-order valence-corrected chi connectivity index (χ3v) is 3.65. The van der Waals surface area contributed by atoms with E-state index in [-0.39, 0.29) is 17.9 Å². The first-order valence-electron chi connectivity index (χ1n) is 7.03. The van der Waals surface area contributed by atoms with Crippen LogP contribution in [0.4, 0.5) is 13.2 Å². The number of halogens is 3. The standard InChI is InChI=1S/C15H19F3N2O/c1-10(14(21)20-13-5-6-19-9-13)7-11-3-2-4-12(8-11)15(16,17)18/h2-4,8,10,13,19H,5-7,9H2,1H3,(H,20,21). The molecule has 1 aliphatic heterocycles. The number of amides is 1. The van der Waals surface area contributed by atoms with Crippen molar-refractivity contribution in [2.75, 3.05) is 13.1 Å². The van der Waals surface area contributed by atoms with Gasteiger partial charge in [-0.3, -0.25) is 4.79 Å². The van der Waals surface area contributed by atoms with Crippen molar-refractivity contribution in [3.63, 3.8) is 0 Å². The topological polar surface area (TPSA) is 41.1 Å². The van der Waals surface area contributed by atoms with Crippen LogP contribution < -0.4 is 10.6 Å². The van der Waals surface area contributed by atoms with Crippen molar-refractivity contribution >= 4 is 5.91 Å². The average Bonchev–Trinajstić information content (AvgIpc) is 2.91. The molecule has 3 nitrogen and oxygen atoms in total. The van der Waals surface area contributed by atoms with Crippen LogP contribution in [-0.4, -0.2) is 25.0 Å². The Hall–Kier alpha value is -1.56. The molecule has 0 radical (unpaired) electrons. The Morgan fingerprint density at radius 3 is 2.86 bits per heavy atom. The average molecular weight is 300 g/mol. The molecule has 0 spiro atoms. The van der Waals surface area contributed by atoms with Crippen LogP contribution in [0.1, 0.15) is 24.5 Å². The fraction of sp³-hybridized carbons (Fsp3) is 0.533. The molecule has 2 N–H and O–H groups in total. The van der Waals surface area contributed by atoms with E-state index in [0.29, 0.717) is 12.0 Å². The summed E-state index contributed by atoms with van der Waals surface area (Å²) < 4.78 is 37.9. The number of carbonyl (C=O) groups excluding carboxylic acids is 1. The van der Waals surface area contributed by atoms with Crippen molar-refractivity contribution in [2.24, 2.45) is 5.92 Å². The maximum absolute atomic E-state index is 12.6. The van der Waals surface area contributed by atoms with E-state index >= 15 is 0 Å². The second-order valence-electron chi connectivity index (χ2n) is 5.50. The minimum absolute atomic E-state index is 0.110. The summed E-state index contributed by atoms with van der Waals surface area (Å²) in [5.41, 5.74) is -0.148. The molecule has 21 heavy (non-hydrogen) atoms. The van der Waals surface area contributed by atoms with Gasteiger partial charge in [-0.25, -0.2) is 0 Å². The van der Waals surface area contributed by atoms with Gasteiger partial charge in [0.1, 0.15) is 0 Å². The van der Waals surface area contributed by atoms with Gasteiger partial charge in [-0.1, -0.05) is 25.1 Å². The van der Waals surface area contributed by atoms with Crippen LogP contribution in [0.2, 0.25) is 0 Å². The van der Waals surface area contributed by atoms with Crippen LogP contribution in [-0.2, 0) is 17.4 Å². The summed E-state index contributed by atoms with van der Waals surface area (Å²) in [5, 5.41) is 6.07. The molecule has 1 aliphatic rings. The summed E-state index contributed by atoms with van der Waals surface area (Å²) in [6.45, 7) is 3.37. The summed E-state index contributed by atoms with van der Waals surface area (Å²) in [4.78, 5) is 12.0. The second kappa shape index (κ2) is 6.47. The monoisotopic (exact) mass is 300 g/mol. The van der Waals surface area contributed by atoms with Crippen LogP contribution >= 0.6 is 0 Å². The maximum atomic E-state index is 12.6. The quantitative estimate of drug-likeness (QED) is 0.896. The van der Waals surface area contributed by atoms with Gasteiger partial charge in [0.2, 0.25) is 5.91 Å². The number of hydrogen-bond acceptors (Lipinski definition) is 2. The number of carbonyl (C=O) groups is 1. The smallest absolute Gasteiger partial charge is 0.352 e. The minimum atomic E-state index is -4.35. The normalized spacial score (nSPS) is 20.3. The molecule has 1 heterocycles. The number of alkyl halides is 3. The van der Waals surface area contributed by atoms with Gasteiger partial charge < -0.3 is 10.6 Å². The third-order valence-electron chi connectivity index (χ3n) is 3.65. The van der Waals surface area contributed by atoms with Crippen LogP contribution in [0.3, 0.4) is 0 Å². The van der Waals surface area contributed by atoms with Gasteiger partial charge >= 0.3 is 6.18 Å². The Kier molecular flexibility index (Phi) is 4.88. The molecule has 2 unspecified atom stereocenters. The van der Waals surface area contributed by atoms with E-state index in [1.807, 2.05) is 0 Å². The van der Waals surface area contributed by atoms with Gasteiger partial charge in [0.05, 0.1) is 5.56 Å². The van der Waals surface area contributed by atoms with Crippen LogP contribution in [0.5, 0.6) is 0 Å². The van der Waals surface area contributed by atoms with Crippen molar-refractivity contribution in [2.45, 2.75) is 32.0 Å². The maximum Gasteiger partial charge on any atom is 0.416 e. The first-order valence-corrected chi connectivity index (χ1v) is 7.03. The van der Waals surface area contributed by atoms with E-state index in [2.05, 4.69) is 10.6 Å². The number of hydrogen-bond donors (Lipinski definition) is 2. The summed E-state index contributed by atoms with van der Waals surface area (Å²) in [6, 6.07) is 5.28. The molecule has 0 aliphatic carbocycles. The molecule has 2 atom stereocenters. The van der Waals surface area contributed by atoms with Crippen LogP contribution in [0.15, 0.2) is 24.3 Å². The summed E-state index contributed by atoms with van der Waals surface area (Å²) in [6.07, 6.45) is -3.16. The van der Waals surface area contributed by atoms with Gasteiger partial charge in [0, 0.05) is 18.5 Å². The van der Waals surface area contributed by atoms with Crippen molar-refractivity contribution in [3.05, 3.63) is 35.4 Å². The predicted molar refractivity (Wildman–Crippen MR) is 73.7 cm³/mol. The largest absolute Gasteiger partial charge is 0.416 e. The Balaban J connectivity index is 1.95. The number of rotatable bonds is 4. The molecule has 1 aromatic rings. The van der Waals surface area contributed by atoms with Crippen LogP contribution in [0, 0.1) is 5.92 Å². The molecule has 0 saturated carbocycles. The number of nitrogens with one attached hydrogen (secondary N) is 2. The van der Waals surface area contributed by atoms with E-state index in [0.717, 1.165) is 31.6 Å². The van der Waals surface area contributed by atoms with E-state index in [1.165, 1.54) is 6.07 Å². The van der Waals surface area contributed by atoms with Gasteiger partial charge in [0.25, 0.3) is 0 Å². The molecular weight excluding hydrogens is 281 g/mol. The first-order chi connectivity index (χ1) is 9.86. The lowest BCUT2D eigenvalue weighted by Crippen LogP contribution is -2.39. The molecule has 0 bridgehead atoms. The van der Waals surface area contributed by atoms with Crippen molar-refractivity contribution in [1.29, 1.82) is 0 Å². The predicted octanol–water partition coefficient (Wildman–Crippen LogP) is 2.36. The zero-order chi connectivity index (χ0) is 15.5. The summed E-state index contributed by atoms with van der Waals surface area (Å²) >= 11 is 0. The molecular formula is C15H19F3N2O. The highest BCUT2D eigenvalue weighted by Gasteiger charge is 2.30. The van der Waals surface area contributed by atoms with Gasteiger partial charge in [0.15, 0.2) is 0 Å². The number of benzene rings is 1. The van der Waals surface area contributed by atoms with E-state index in [9.17, 15) is 18.0 Å².